The number of hydrogen-bond donors (Lipinski definition) is 5. The summed E-state index contributed by atoms with van der Waals surface area (Å²) in [5.41, 5.74) is 6.33. The summed E-state index contributed by atoms with van der Waals surface area (Å²) in [5.74, 6) is 1.39. The number of benzene rings is 1. The van der Waals surface area contributed by atoms with E-state index in [1.54, 1.807) is 6.92 Å². The lowest BCUT2D eigenvalue weighted by molar-refractivity contribution is -0.960. The number of nitrogens with zero attached hydrogens (tertiary/aromatic N) is 1. The van der Waals surface area contributed by atoms with Crippen molar-refractivity contribution in [1.29, 1.82) is 0 Å². The Hall–Kier alpha value is -4.86. The van der Waals surface area contributed by atoms with E-state index in [9.17, 15) is 29.3 Å². The fraction of sp³-hybridized carbons (Fsp3) is 0.462. The Morgan fingerprint density at radius 2 is 1.93 bits per heavy atom. The van der Waals surface area contributed by atoms with Crippen molar-refractivity contribution < 1.29 is 44.2 Å². The quantitative estimate of drug-likeness (QED) is 0.0714. The van der Waals surface area contributed by atoms with E-state index in [1.807, 2.05) is 0 Å². The molecule has 0 saturated heterocycles. The number of quaternary nitrogens is 1. The van der Waals surface area contributed by atoms with Crippen LogP contribution in [0.5, 0.6) is 5.75 Å². The molecule has 1 aliphatic heterocycles. The highest BCUT2D eigenvalue weighted by Crippen LogP contribution is 2.25. The van der Waals surface area contributed by atoms with E-state index in [0.717, 1.165) is 12.1 Å². The largest absolute Gasteiger partial charge is 0.493 e. The number of nitrogens with two attached hydrogens (primary N) is 2. The van der Waals surface area contributed by atoms with E-state index in [0.29, 0.717) is 25.8 Å². The maximum Gasteiger partial charge on any atom is 0.270 e. The number of terminal acetylenes is 1. The summed E-state index contributed by atoms with van der Waals surface area (Å²) in [4.78, 5) is 71.5. The normalized spacial score (nSPS) is 19.3. The van der Waals surface area contributed by atoms with Crippen LogP contribution < -0.4 is 31.9 Å². The molecule has 4 amide bonds. The van der Waals surface area contributed by atoms with Crippen molar-refractivity contribution >= 4 is 29.3 Å². The maximum atomic E-state index is 13.2. The minimum atomic E-state index is -1.14. The third kappa shape index (κ3) is 10.7. The number of non-ortho nitro benzene ring substituents is 1. The summed E-state index contributed by atoms with van der Waals surface area (Å²) in [5, 5.41) is 19.1. The molecule has 1 heterocycles. The number of ether oxygens (including phenoxy) is 1. The van der Waals surface area contributed by atoms with Crippen molar-refractivity contribution in [2.45, 2.75) is 63.6 Å². The van der Waals surface area contributed by atoms with Crippen LogP contribution in [0.4, 0.5) is 5.69 Å². The van der Waals surface area contributed by atoms with Crippen molar-refractivity contribution in [1.82, 2.24) is 16.0 Å². The van der Waals surface area contributed by atoms with Crippen molar-refractivity contribution in [3.05, 3.63) is 33.9 Å². The highest BCUT2D eigenvalue weighted by atomic mass is 17.3. The van der Waals surface area contributed by atoms with Crippen molar-refractivity contribution in [3.63, 3.8) is 0 Å². The fourth-order valence-electron chi connectivity index (χ4n) is 3.85. The minimum Gasteiger partial charge on any atom is -0.493 e. The van der Waals surface area contributed by atoms with Gasteiger partial charge in [0, 0.05) is 29.5 Å². The molecule has 0 radical (unpaired) electrons. The number of amides is 4. The maximum absolute atomic E-state index is 13.2. The molecule has 2 unspecified atom stereocenters. The predicted molar refractivity (Wildman–Crippen MR) is 142 cm³/mol. The summed E-state index contributed by atoms with van der Waals surface area (Å²) in [7, 11) is 0. The molecule has 15 heteroatoms. The predicted octanol–water partition coefficient (Wildman–Crippen LogP) is -1.08. The summed E-state index contributed by atoms with van der Waals surface area (Å²) >= 11 is 0. The van der Waals surface area contributed by atoms with Gasteiger partial charge in [0.1, 0.15) is 30.4 Å². The van der Waals surface area contributed by atoms with Crippen LogP contribution in [0.2, 0.25) is 0 Å². The monoisotopic (exact) mass is 573 g/mol. The summed E-state index contributed by atoms with van der Waals surface area (Å²) in [6, 6.07) is 0.189. The number of carbonyl (C=O) groups is 4. The molecule has 0 fully saturated rings. The molecule has 1 aromatic carbocycles. The molecule has 7 N–H and O–H groups in total. The van der Waals surface area contributed by atoms with E-state index in [2.05, 4.69) is 38.8 Å². The standard InChI is InChI=1S/C26H32N6O9/c1-3-5-14-40-41-28-13-7-6-9-21-26(36)29-19(23(27)33)12-15-39-22-11-10-17(32(37)38)16-18(22)24(34)30-20(8-4-2)25(35)31-21/h1,10-11,16,19-21,28H,4,6-9,12-13,15H2,2H3,(H2,27,33)(H,29,36)(H,30,34)(H,31,35)/p+1/t19?,20?,21-/m1/s1. The third-order valence-electron chi connectivity index (χ3n) is 5.92. The first-order chi connectivity index (χ1) is 19.7. The number of primary amides is 1. The molecule has 1 aliphatic rings. The fourth-order valence-corrected chi connectivity index (χ4v) is 3.85. The van der Waals surface area contributed by atoms with E-state index in [4.69, 9.17) is 21.9 Å². The van der Waals surface area contributed by atoms with Crippen LogP contribution in [-0.2, 0) is 24.3 Å². The van der Waals surface area contributed by atoms with Gasteiger partial charge in [-0.05, 0) is 37.7 Å². The number of nitro benzene ring substituents is 1. The number of fused-ring (bicyclic) bond motifs is 1. The van der Waals surface area contributed by atoms with Gasteiger partial charge in [-0.2, -0.15) is 5.48 Å². The van der Waals surface area contributed by atoms with Crippen LogP contribution in [0, 0.1) is 34.5 Å². The van der Waals surface area contributed by atoms with Crippen molar-refractivity contribution in [2.75, 3.05) is 13.2 Å². The number of unbranched alkanes of at least 4 members (excludes halogenated alkanes) is 1. The lowest BCUT2D eigenvalue weighted by atomic mass is 10.0. The van der Waals surface area contributed by atoms with Crippen molar-refractivity contribution in [3.8, 4) is 30.1 Å². The SMILES string of the molecule is C#CC#COO[NH2+]CCCC[C@H]1NC(=O)C(CCC)NC(=O)c2cc([N+](=O)[O-])ccc2OCCC(C(N)=O)NC1=O. The van der Waals surface area contributed by atoms with E-state index < -0.39 is 46.7 Å². The van der Waals surface area contributed by atoms with Crippen molar-refractivity contribution in [2.24, 2.45) is 5.73 Å². The van der Waals surface area contributed by atoms with Gasteiger partial charge < -0.3 is 26.4 Å². The Balaban J connectivity index is 2.24. The molecule has 0 aromatic heterocycles. The lowest BCUT2D eigenvalue weighted by Gasteiger charge is -2.25. The van der Waals surface area contributed by atoms with Crippen LogP contribution >= 0.6 is 0 Å². The van der Waals surface area contributed by atoms with Gasteiger partial charge in [0.2, 0.25) is 17.7 Å². The number of nitro groups is 1. The zero-order chi connectivity index (χ0) is 30.2. The van der Waals surface area contributed by atoms with E-state index >= 15 is 0 Å². The second-order valence-corrected chi connectivity index (χ2v) is 8.92. The van der Waals surface area contributed by atoms with Gasteiger partial charge in [0.05, 0.1) is 17.1 Å². The summed E-state index contributed by atoms with van der Waals surface area (Å²) in [6.45, 7) is 2.08. The van der Waals surface area contributed by atoms with Crippen LogP contribution in [0.25, 0.3) is 0 Å². The number of nitrogens with one attached hydrogen (secondary N) is 3. The van der Waals surface area contributed by atoms with Gasteiger partial charge in [-0.3, -0.25) is 29.3 Å². The zero-order valence-electron chi connectivity index (χ0n) is 22.5. The van der Waals surface area contributed by atoms with Crippen LogP contribution in [0.3, 0.4) is 0 Å². The molecule has 0 spiro atoms. The number of rotatable bonds is 11. The molecule has 15 nitrogen and oxygen atoms in total. The number of carbonyl (C=O) groups excluding carboxylic acids is 4. The zero-order valence-corrected chi connectivity index (χ0v) is 22.5. The number of hydroxylamine groups is 1. The van der Waals surface area contributed by atoms with Gasteiger partial charge in [0.15, 0.2) is 6.11 Å². The van der Waals surface area contributed by atoms with Gasteiger partial charge in [0.25, 0.3) is 11.6 Å². The Morgan fingerprint density at radius 3 is 2.61 bits per heavy atom. The third-order valence-corrected chi connectivity index (χ3v) is 5.92. The van der Waals surface area contributed by atoms with Gasteiger partial charge in [-0.15, -0.1) is 6.42 Å². The Kier molecular flexibility index (Phi) is 13.4. The van der Waals surface area contributed by atoms with Crippen LogP contribution in [0.1, 0.15) is 55.8 Å². The summed E-state index contributed by atoms with van der Waals surface area (Å²) in [6.07, 6.45) is 8.93. The Labute approximate surface area is 236 Å². The van der Waals surface area contributed by atoms with Gasteiger partial charge >= 0.3 is 0 Å². The molecular formula is C26H33N6O9+. The second-order valence-electron chi connectivity index (χ2n) is 8.92. The molecule has 3 atom stereocenters. The van der Waals surface area contributed by atoms with Gasteiger partial charge in [-0.1, -0.05) is 13.3 Å². The average molecular weight is 574 g/mol. The molecule has 1 aromatic rings. The summed E-state index contributed by atoms with van der Waals surface area (Å²) < 4.78 is 5.65. The smallest absolute Gasteiger partial charge is 0.270 e. The van der Waals surface area contributed by atoms with Crippen LogP contribution in [0.15, 0.2) is 18.2 Å². The molecule has 0 aliphatic carbocycles. The Bertz CT molecular complexity index is 1220. The first-order valence-corrected chi connectivity index (χ1v) is 12.9. The van der Waals surface area contributed by atoms with Gasteiger partial charge in [-0.25, -0.2) is 4.89 Å². The Morgan fingerprint density at radius 1 is 1.20 bits per heavy atom. The molecule has 0 bridgehead atoms. The first kappa shape index (κ1) is 32.4. The van der Waals surface area contributed by atoms with E-state index in [-0.39, 0.29) is 42.9 Å². The highest BCUT2D eigenvalue weighted by molar-refractivity contribution is 6.01. The topological polar surface area (TPSA) is 218 Å². The molecular weight excluding hydrogens is 540 g/mol. The first-order valence-electron chi connectivity index (χ1n) is 12.9. The molecule has 220 valence electrons. The second kappa shape index (κ2) is 17.0. The lowest BCUT2D eigenvalue weighted by Crippen LogP contribution is -2.82. The van der Waals surface area contributed by atoms with E-state index in [1.165, 1.54) is 11.5 Å². The molecule has 0 saturated carbocycles. The highest BCUT2D eigenvalue weighted by Gasteiger charge is 2.30. The van der Waals surface area contributed by atoms with Crippen LogP contribution in [-0.4, -0.2) is 59.8 Å². The molecule has 41 heavy (non-hydrogen) atoms. The minimum absolute atomic E-state index is 0.00233. The molecule has 2 rings (SSSR count). The number of hydrogen-bond acceptors (Lipinski definition) is 9. The average Bonchev–Trinajstić information content (AvgIpc) is 2.94.